The van der Waals surface area contributed by atoms with Gasteiger partial charge in [0.05, 0.1) is 6.61 Å². The number of rotatable bonds is 7. The molecule has 6 heteroatoms. The summed E-state index contributed by atoms with van der Waals surface area (Å²) in [6.45, 7) is 3.34. The predicted molar refractivity (Wildman–Crippen MR) is 84.3 cm³/mol. The van der Waals surface area contributed by atoms with Crippen molar-refractivity contribution in [2.75, 3.05) is 26.0 Å². The fourth-order valence-electron chi connectivity index (χ4n) is 2.68. The maximum atomic E-state index is 12.1. The third kappa shape index (κ3) is 5.33. The maximum Gasteiger partial charge on any atom is 0.335 e. The summed E-state index contributed by atoms with van der Waals surface area (Å²) in [5.74, 6) is 0.222. The van der Waals surface area contributed by atoms with E-state index in [1.807, 2.05) is 18.2 Å². The zero-order valence-corrected chi connectivity index (χ0v) is 13.8. The highest BCUT2D eigenvalue weighted by atomic mass is 31.2. The van der Waals surface area contributed by atoms with E-state index in [0.717, 1.165) is 38.0 Å². The van der Waals surface area contributed by atoms with Gasteiger partial charge in [-0.25, -0.2) is 0 Å². The fourth-order valence-corrected chi connectivity index (χ4v) is 3.72. The Morgan fingerprint density at radius 3 is 2.82 bits per heavy atom. The van der Waals surface area contributed by atoms with Gasteiger partial charge in [-0.05, 0) is 43.7 Å². The monoisotopic (exact) mass is 326 g/mol. The molecule has 0 radical (unpaired) electrons. The summed E-state index contributed by atoms with van der Waals surface area (Å²) in [5, 5.41) is 0. The summed E-state index contributed by atoms with van der Waals surface area (Å²) >= 11 is 0. The van der Waals surface area contributed by atoms with Crippen LogP contribution < -0.4 is 0 Å². The molecule has 1 aliphatic heterocycles. The molecule has 1 atom stereocenters. The molecule has 0 aliphatic carbocycles. The maximum absolute atomic E-state index is 12.1. The van der Waals surface area contributed by atoms with Crippen LogP contribution in [0.3, 0.4) is 0 Å². The quantitative estimate of drug-likeness (QED) is 0.616. The third-order valence-corrected chi connectivity index (χ3v) is 5.14. The van der Waals surface area contributed by atoms with Gasteiger partial charge >= 0.3 is 7.60 Å². The van der Waals surface area contributed by atoms with Crippen LogP contribution in [0.5, 0.6) is 0 Å². The van der Waals surface area contributed by atoms with Gasteiger partial charge in [0.25, 0.3) is 0 Å². The van der Waals surface area contributed by atoms with Crippen molar-refractivity contribution in [2.45, 2.75) is 26.2 Å². The van der Waals surface area contributed by atoms with Gasteiger partial charge in [0.1, 0.15) is 6.16 Å². The number of Topliss-reactive ketones (excluding diaryl/α,β-unsaturated/α-hetero) is 1. The van der Waals surface area contributed by atoms with Crippen molar-refractivity contribution in [3.63, 3.8) is 0 Å². The first-order valence-electron chi connectivity index (χ1n) is 7.66. The van der Waals surface area contributed by atoms with Crippen molar-refractivity contribution in [1.29, 1.82) is 0 Å². The van der Waals surface area contributed by atoms with Gasteiger partial charge in [-0.15, -0.1) is 0 Å². The summed E-state index contributed by atoms with van der Waals surface area (Å²) in [4.78, 5) is 21.7. The molecule has 1 heterocycles. The van der Waals surface area contributed by atoms with E-state index in [9.17, 15) is 14.3 Å². The van der Waals surface area contributed by atoms with E-state index in [1.54, 1.807) is 13.0 Å². The normalized spacial score (nSPS) is 18.8. The molecule has 0 amide bonds. The first-order chi connectivity index (χ1) is 10.5. The highest BCUT2D eigenvalue weighted by molar-refractivity contribution is 7.53. The molecule has 1 aromatic carbocycles. The van der Waals surface area contributed by atoms with E-state index < -0.39 is 13.8 Å². The highest BCUT2D eigenvalue weighted by Gasteiger charge is 2.24. The Balaban J connectivity index is 2.01. The van der Waals surface area contributed by atoms with Gasteiger partial charge in [0.15, 0.2) is 5.78 Å². The molecule has 0 saturated carbocycles. The van der Waals surface area contributed by atoms with Crippen molar-refractivity contribution >= 4 is 13.4 Å². The molecule has 0 bridgehead atoms. The second kappa shape index (κ2) is 8.02. The van der Waals surface area contributed by atoms with Crippen LogP contribution in [0.4, 0.5) is 0 Å². The predicted octanol–water partition coefficient (Wildman–Crippen LogP) is 3.06. The SMILES string of the molecule is CCOP(=O)(O)CC(=O)c1cccc(CC2CCOCC2)c1. The van der Waals surface area contributed by atoms with Gasteiger partial charge < -0.3 is 14.2 Å². The fraction of sp³-hybridized carbons (Fsp3) is 0.562. The minimum Gasteiger partial charge on any atom is -0.381 e. The second-order valence-corrected chi connectivity index (χ2v) is 7.45. The Morgan fingerprint density at radius 2 is 2.14 bits per heavy atom. The lowest BCUT2D eigenvalue weighted by molar-refractivity contribution is 0.0665. The van der Waals surface area contributed by atoms with Crippen LogP contribution in [0.1, 0.15) is 35.7 Å². The van der Waals surface area contributed by atoms with E-state index in [2.05, 4.69) is 0 Å². The molecule has 0 aromatic heterocycles. The van der Waals surface area contributed by atoms with Crippen molar-refractivity contribution in [3.05, 3.63) is 35.4 Å². The summed E-state index contributed by atoms with van der Waals surface area (Å²) in [6, 6.07) is 7.32. The van der Waals surface area contributed by atoms with E-state index in [1.165, 1.54) is 0 Å². The standard InChI is InChI=1S/C16H23O5P/c1-2-21-22(18,19)12-16(17)15-5-3-4-14(11-15)10-13-6-8-20-9-7-13/h3-5,11,13H,2,6-10,12H2,1H3,(H,18,19). The van der Waals surface area contributed by atoms with Crippen LogP contribution >= 0.6 is 7.60 Å². The van der Waals surface area contributed by atoms with E-state index in [0.29, 0.717) is 11.5 Å². The molecule has 1 saturated heterocycles. The number of hydrogen-bond acceptors (Lipinski definition) is 4. The first-order valence-corrected chi connectivity index (χ1v) is 9.42. The van der Waals surface area contributed by atoms with E-state index in [-0.39, 0.29) is 12.4 Å². The van der Waals surface area contributed by atoms with Gasteiger partial charge in [-0.1, -0.05) is 18.2 Å². The Morgan fingerprint density at radius 1 is 1.41 bits per heavy atom. The number of ketones is 1. The molecule has 1 fully saturated rings. The van der Waals surface area contributed by atoms with Gasteiger partial charge in [0, 0.05) is 18.8 Å². The molecule has 122 valence electrons. The first kappa shape index (κ1) is 17.4. The van der Waals surface area contributed by atoms with Crippen molar-refractivity contribution in [1.82, 2.24) is 0 Å². The van der Waals surface area contributed by atoms with Crippen LogP contribution in [-0.4, -0.2) is 36.7 Å². The number of ether oxygens (including phenoxy) is 1. The lowest BCUT2D eigenvalue weighted by atomic mass is 9.91. The van der Waals surface area contributed by atoms with Gasteiger partial charge in [-0.2, -0.15) is 0 Å². The molecular weight excluding hydrogens is 303 g/mol. The van der Waals surface area contributed by atoms with Crippen LogP contribution in [0.15, 0.2) is 24.3 Å². The van der Waals surface area contributed by atoms with Gasteiger partial charge in [-0.3, -0.25) is 9.36 Å². The lowest BCUT2D eigenvalue weighted by Crippen LogP contribution is -2.17. The number of benzene rings is 1. The Bertz CT molecular complexity index is 551. The summed E-state index contributed by atoms with van der Waals surface area (Å²) < 4.78 is 21.8. The summed E-state index contributed by atoms with van der Waals surface area (Å²) in [7, 11) is -3.83. The van der Waals surface area contributed by atoms with Crippen molar-refractivity contribution in [3.8, 4) is 0 Å². The molecule has 1 unspecified atom stereocenters. The molecule has 1 aliphatic rings. The Labute approximate surface area is 131 Å². The number of hydrogen-bond donors (Lipinski definition) is 1. The van der Waals surface area contributed by atoms with Crippen LogP contribution in [-0.2, 0) is 20.2 Å². The summed E-state index contributed by atoms with van der Waals surface area (Å²) in [6.07, 6.45) is 2.51. The van der Waals surface area contributed by atoms with Crippen LogP contribution in [0, 0.1) is 5.92 Å². The third-order valence-electron chi connectivity index (χ3n) is 3.79. The van der Waals surface area contributed by atoms with Crippen LogP contribution in [0.2, 0.25) is 0 Å². The number of carbonyl (C=O) groups is 1. The Kier molecular flexibility index (Phi) is 6.33. The molecule has 22 heavy (non-hydrogen) atoms. The topological polar surface area (TPSA) is 72.8 Å². The minimum atomic E-state index is -3.83. The number of carbonyl (C=O) groups excluding carboxylic acids is 1. The lowest BCUT2D eigenvalue weighted by Gasteiger charge is -2.22. The van der Waals surface area contributed by atoms with Gasteiger partial charge in [0.2, 0.25) is 0 Å². The average molecular weight is 326 g/mol. The van der Waals surface area contributed by atoms with E-state index in [4.69, 9.17) is 9.26 Å². The van der Waals surface area contributed by atoms with Crippen molar-refractivity contribution < 1.29 is 23.5 Å². The Hall–Kier alpha value is -1.00. The molecule has 1 N–H and O–H groups in total. The molecule has 0 spiro atoms. The van der Waals surface area contributed by atoms with Crippen LogP contribution in [0.25, 0.3) is 0 Å². The highest BCUT2D eigenvalue weighted by Crippen LogP contribution is 2.42. The average Bonchev–Trinajstić information content (AvgIpc) is 2.48. The van der Waals surface area contributed by atoms with Crippen molar-refractivity contribution in [2.24, 2.45) is 5.92 Å². The molecule has 2 rings (SSSR count). The van der Waals surface area contributed by atoms with E-state index >= 15 is 0 Å². The zero-order valence-electron chi connectivity index (χ0n) is 12.9. The molecule has 1 aromatic rings. The minimum absolute atomic E-state index is 0.116. The smallest absolute Gasteiger partial charge is 0.335 e. The largest absolute Gasteiger partial charge is 0.381 e. The second-order valence-electron chi connectivity index (χ2n) is 5.60. The summed E-state index contributed by atoms with van der Waals surface area (Å²) in [5.41, 5.74) is 1.56. The zero-order chi connectivity index (χ0) is 16.0. The molecular formula is C16H23O5P. The molecule has 5 nitrogen and oxygen atoms in total.